The molecule has 1 N–H and O–H groups in total. The van der Waals surface area contributed by atoms with Crippen molar-refractivity contribution in [1.82, 2.24) is 10.3 Å². The van der Waals surface area contributed by atoms with Crippen molar-refractivity contribution in [3.8, 4) is 0 Å². The summed E-state index contributed by atoms with van der Waals surface area (Å²) in [5.74, 6) is 0. The van der Waals surface area contributed by atoms with Gasteiger partial charge in [0.1, 0.15) is 0 Å². The Morgan fingerprint density at radius 1 is 1.64 bits per heavy atom. The molecule has 2 rings (SSSR count). The molecule has 0 aliphatic carbocycles. The summed E-state index contributed by atoms with van der Waals surface area (Å²) < 4.78 is 0. The molecule has 3 heteroatoms. The molecule has 1 atom stereocenters. The molecule has 14 heavy (non-hydrogen) atoms. The molecule has 1 aliphatic heterocycles. The van der Waals surface area contributed by atoms with Crippen LogP contribution in [-0.2, 0) is 6.42 Å². The van der Waals surface area contributed by atoms with Gasteiger partial charge in [0.05, 0.1) is 5.02 Å². The van der Waals surface area contributed by atoms with Crippen LogP contribution in [0.15, 0.2) is 18.5 Å². The van der Waals surface area contributed by atoms with Crippen LogP contribution < -0.4 is 5.32 Å². The molecule has 2 nitrogen and oxygen atoms in total. The minimum atomic E-state index is 0.227. The second-order valence-electron chi connectivity index (χ2n) is 4.23. The number of pyridine rings is 1. The van der Waals surface area contributed by atoms with Gasteiger partial charge in [-0.3, -0.25) is 4.98 Å². The quantitative estimate of drug-likeness (QED) is 0.811. The van der Waals surface area contributed by atoms with Crippen LogP contribution in [0.5, 0.6) is 0 Å². The lowest BCUT2D eigenvalue weighted by Crippen LogP contribution is -2.38. The second-order valence-corrected chi connectivity index (χ2v) is 4.64. The first-order valence-electron chi connectivity index (χ1n) is 5.03. The number of rotatable bonds is 2. The largest absolute Gasteiger partial charge is 0.311 e. The number of aromatic nitrogens is 1. The van der Waals surface area contributed by atoms with Crippen molar-refractivity contribution < 1.29 is 0 Å². The van der Waals surface area contributed by atoms with Crippen LogP contribution in [0, 0.1) is 0 Å². The third-order valence-electron chi connectivity index (χ3n) is 2.89. The van der Waals surface area contributed by atoms with Gasteiger partial charge in [0.2, 0.25) is 0 Å². The van der Waals surface area contributed by atoms with Crippen LogP contribution in [0.25, 0.3) is 0 Å². The fraction of sp³-hybridized carbons (Fsp3) is 0.545. The van der Waals surface area contributed by atoms with Crippen molar-refractivity contribution in [2.75, 3.05) is 6.54 Å². The predicted molar refractivity (Wildman–Crippen MR) is 58.6 cm³/mol. The first-order chi connectivity index (χ1) is 6.70. The molecular formula is C11H15ClN2. The summed E-state index contributed by atoms with van der Waals surface area (Å²) in [6.45, 7) is 3.38. The maximum atomic E-state index is 6.07. The minimum Gasteiger partial charge on any atom is -0.311 e. The molecule has 0 saturated carbocycles. The van der Waals surface area contributed by atoms with Crippen molar-refractivity contribution in [3.05, 3.63) is 29.0 Å². The van der Waals surface area contributed by atoms with E-state index >= 15 is 0 Å². The van der Waals surface area contributed by atoms with Crippen molar-refractivity contribution in [2.24, 2.45) is 0 Å². The lowest BCUT2D eigenvalue weighted by atomic mass is 9.92. The number of halogens is 1. The Hall–Kier alpha value is -0.600. The molecule has 2 heterocycles. The maximum Gasteiger partial charge on any atom is 0.0621 e. The number of nitrogens with zero attached hydrogens (tertiary/aromatic N) is 1. The van der Waals surface area contributed by atoms with Crippen LogP contribution in [0.2, 0.25) is 5.02 Å². The monoisotopic (exact) mass is 210 g/mol. The molecule has 1 aliphatic rings. The maximum absolute atomic E-state index is 6.07. The summed E-state index contributed by atoms with van der Waals surface area (Å²) in [6, 6.07) is 2.01. The van der Waals surface area contributed by atoms with Gasteiger partial charge in [0, 0.05) is 17.9 Å². The van der Waals surface area contributed by atoms with E-state index in [1.165, 1.54) is 18.4 Å². The zero-order valence-corrected chi connectivity index (χ0v) is 9.14. The highest BCUT2D eigenvalue weighted by atomic mass is 35.5. The Labute approximate surface area is 89.7 Å². The normalized spacial score (nSPS) is 26.7. The third-order valence-corrected chi connectivity index (χ3v) is 3.23. The molecule has 1 fully saturated rings. The van der Waals surface area contributed by atoms with Gasteiger partial charge in [0.25, 0.3) is 0 Å². The van der Waals surface area contributed by atoms with Crippen molar-refractivity contribution in [2.45, 2.75) is 31.7 Å². The Morgan fingerprint density at radius 3 is 3.14 bits per heavy atom. The van der Waals surface area contributed by atoms with Gasteiger partial charge < -0.3 is 5.32 Å². The minimum absolute atomic E-state index is 0.227. The molecule has 0 bridgehead atoms. The first kappa shape index (κ1) is 9.94. The average Bonchev–Trinajstić information content (AvgIpc) is 2.57. The van der Waals surface area contributed by atoms with E-state index < -0.39 is 0 Å². The van der Waals surface area contributed by atoms with E-state index in [1.807, 2.05) is 6.07 Å². The van der Waals surface area contributed by atoms with Gasteiger partial charge in [-0.25, -0.2) is 0 Å². The van der Waals surface area contributed by atoms with E-state index in [9.17, 15) is 0 Å². The third kappa shape index (κ3) is 2.07. The lowest BCUT2D eigenvalue weighted by Gasteiger charge is -2.24. The Bertz CT molecular complexity index is 319. The Balaban J connectivity index is 2.14. The molecule has 0 spiro atoms. The number of nitrogens with one attached hydrogen (secondary N) is 1. The summed E-state index contributed by atoms with van der Waals surface area (Å²) in [5, 5.41) is 4.31. The number of hydrogen-bond donors (Lipinski definition) is 1. The van der Waals surface area contributed by atoms with Crippen LogP contribution >= 0.6 is 11.6 Å². The molecule has 0 radical (unpaired) electrons. The fourth-order valence-electron chi connectivity index (χ4n) is 2.08. The van der Waals surface area contributed by atoms with E-state index in [2.05, 4.69) is 17.2 Å². The molecule has 0 aromatic carbocycles. The SMILES string of the molecule is CC1(Cc2ccncc2Cl)CCCN1. The van der Waals surface area contributed by atoms with E-state index in [0.717, 1.165) is 18.0 Å². The van der Waals surface area contributed by atoms with E-state index in [-0.39, 0.29) is 5.54 Å². The highest BCUT2D eigenvalue weighted by Gasteiger charge is 2.28. The average molecular weight is 211 g/mol. The topological polar surface area (TPSA) is 24.9 Å². The van der Waals surface area contributed by atoms with E-state index in [0.29, 0.717) is 0 Å². The van der Waals surface area contributed by atoms with Crippen LogP contribution in [-0.4, -0.2) is 17.1 Å². The zero-order chi connectivity index (χ0) is 10.0. The molecular weight excluding hydrogens is 196 g/mol. The standard InChI is InChI=1S/C11H15ClN2/c1-11(4-2-5-14-11)7-9-3-6-13-8-10(9)12/h3,6,8,14H,2,4-5,7H2,1H3. The van der Waals surface area contributed by atoms with E-state index in [1.54, 1.807) is 12.4 Å². The molecule has 76 valence electrons. The fourth-order valence-corrected chi connectivity index (χ4v) is 2.26. The van der Waals surface area contributed by atoms with Crippen molar-refractivity contribution >= 4 is 11.6 Å². The van der Waals surface area contributed by atoms with Crippen LogP contribution in [0.4, 0.5) is 0 Å². The van der Waals surface area contributed by atoms with Crippen molar-refractivity contribution in [3.63, 3.8) is 0 Å². The summed E-state index contributed by atoms with van der Waals surface area (Å²) in [6.07, 6.45) is 7.01. The van der Waals surface area contributed by atoms with E-state index in [4.69, 9.17) is 11.6 Å². The van der Waals surface area contributed by atoms with Gasteiger partial charge in [-0.05, 0) is 44.4 Å². The summed E-state index contributed by atoms with van der Waals surface area (Å²) in [7, 11) is 0. The van der Waals surface area contributed by atoms with Gasteiger partial charge in [0.15, 0.2) is 0 Å². The lowest BCUT2D eigenvalue weighted by molar-refractivity contribution is 0.412. The van der Waals surface area contributed by atoms with Crippen molar-refractivity contribution in [1.29, 1.82) is 0 Å². The smallest absolute Gasteiger partial charge is 0.0621 e. The summed E-state index contributed by atoms with van der Waals surface area (Å²) in [5.41, 5.74) is 1.42. The van der Waals surface area contributed by atoms with Gasteiger partial charge >= 0.3 is 0 Å². The molecule has 1 unspecified atom stereocenters. The highest BCUT2D eigenvalue weighted by Crippen LogP contribution is 2.26. The van der Waals surface area contributed by atoms with Gasteiger partial charge in [-0.1, -0.05) is 11.6 Å². The molecule has 0 amide bonds. The summed E-state index contributed by atoms with van der Waals surface area (Å²) >= 11 is 6.07. The molecule has 1 saturated heterocycles. The molecule has 1 aromatic rings. The molecule has 1 aromatic heterocycles. The second kappa shape index (κ2) is 3.87. The van der Waals surface area contributed by atoms with Gasteiger partial charge in [-0.15, -0.1) is 0 Å². The van der Waals surface area contributed by atoms with Crippen LogP contribution in [0.3, 0.4) is 0 Å². The zero-order valence-electron chi connectivity index (χ0n) is 8.39. The van der Waals surface area contributed by atoms with Gasteiger partial charge in [-0.2, -0.15) is 0 Å². The van der Waals surface area contributed by atoms with Crippen LogP contribution in [0.1, 0.15) is 25.3 Å². The highest BCUT2D eigenvalue weighted by molar-refractivity contribution is 6.31. The predicted octanol–water partition coefficient (Wildman–Crippen LogP) is 2.42. The number of hydrogen-bond acceptors (Lipinski definition) is 2. The first-order valence-corrected chi connectivity index (χ1v) is 5.41. The summed E-state index contributed by atoms with van der Waals surface area (Å²) in [4.78, 5) is 3.99. The Morgan fingerprint density at radius 2 is 2.50 bits per heavy atom. The Kier molecular flexibility index (Phi) is 2.75.